The number of hydrogen-bond donors (Lipinski definition) is 0. The SMILES string of the molecule is Cc1nc(C)c(COc2ccc(N3C[C@H](Cn4ccnn4)OC3=O)cc2)nc1C. The van der Waals surface area contributed by atoms with Crippen molar-refractivity contribution in [1.82, 2.24) is 25.0 Å². The molecular formula is C20H22N6O3. The van der Waals surface area contributed by atoms with E-state index >= 15 is 0 Å². The van der Waals surface area contributed by atoms with E-state index in [0.29, 0.717) is 25.4 Å². The van der Waals surface area contributed by atoms with E-state index in [2.05, 4.69) is 20.3 Å². The van der Waals surface area contributed by atoms with Crippen LogP contribution in [0.2, 0.25) is 0 Å². The third kappa shape index (κ3) is 4.18. The zero-order valence-corrected chi connectivity index (χ0v) is 16.6. The summed E-state index contributed by atoms with van der Waals surface area (Å²) < 4.78 is 12.9. The number of carbonyl (C=O) groups excluding carboxylic acids is 1. The Kier molecular flexibility index (Phi) is 5.11. The van der Waals surface area contributed by atoms with E-state index < -0.39 is 0 Å². The van der Waals surface area contributed by atoms with Crippen LogP contribution >= 0.6 is 0 Å². The Morgan fingerprint density at radius 3 is 2.59 bits per heavy atom. The minimum atomic E-state index is -0.371. The minimum Gasteiger partial charge on any atom is -0.487 e. The lowest BCUT2D eigenvalue weighted by atomic mass is 10.2. The number of carbonyl (C=O) groups is 1. The third-order valence-corrected chi connectivity index (χ3v) is 4.84. The Morgan fingerprint density at radius 1 is 1.10 bits per heavy atom. The third-order valence-electron chi connectivity index (χ3n) is 4.84. The lowest BCUT2D eigenvalue weighted by Crippen LogP contribution is -2.26. The van der Waals surface area contributed by atoms with Crippen molar-refractivity contribution in [2.45, 2.75) is 40.0 Å². The second-order valence-electron chi connectivity index (χ2n) is 6.95. The first-order valence-corrected chi connectivity index (χ1v) is 9.35. The molecule has 1 saturated heterocycles. The second-order valence-corrected chi connectivity index (χ2v) is 6.95. The van der Waals surface area contributed by atoms with Crippen molar-refractivity contribution in [2.24, 2.45) is 0 Å². The Hall–Kier alpha value is -3.49. The molecule has 150 valence electrons. The number of ether oxygens (including phenoxy) is 2. The van der Waals surface area contributed by atoms with Crippen molar-refractivity contribution in [3.63, 3.8) is 0 Å². The van der Waals surface area contributed by atoms with Gasteiger partial charge in [-0.05, 0) is 45.0 Å². The molecule has 0 bridgehead atoms. The van der Waals surface area contributed by atoms with Gasteiger partial charge in [-0.1, -0.05) is 5.21 Å². The number of amides is 1. The summed E-state index contributed by atoms with van der Waals surface area (Å²) in [5.74, 6) is 0.694. The molecule has 2 aromatic heterocycles. The molecule has 9 heteroatoms. The lowest BCUT2D eigenvalue weighted by Gasteiger charge is -2.14. The van der Waals surface area contributed by atoms with Gasteiger partial charge in [0.25, 0.3) is 0 Å². The summed E-state index contributed by atoms with van der Waals surface area (Å²) in [7, 11) is 0. The molecule has 3 heterocycles. The van der Waals surface area contributed by atoms with Crippen molar-refractivity contribution >= 4 is 11.8 Å². The van der Waals surface area contributed by atoms with Crippen molar-refractivity contribution in [1.29, 1.82) is 0 Å². The fourth-order valence-electron chi connectivity index (χ4n) is 3.14. The van der Waals surface area contributed by atoms with Crippen LogP contribution in [-0.4, -0.2) is 43.7 Å². The first-order valence-electron chi connectivity index (χ1n) is 9.35. The second kappa shape index (κ2) is 7.86. The molecule has 1 aromatic carbocycles. The molecule has 9 nitrogen and oxygen atoms in total. The highest BCUT2D eigenvalue weighted by atomic mass is 16.6. The summed E-state index contributed by atoms with van der Waals surface area (Å²) in [5, 5.41) is 7.67. The van der Waals surface area contributed by atoms with E-state index in [-0.39, 0.29) is 12.2 Å². The van der Waals surface area contributed by atoms with E-state index in [9.17, 15) is 4.79 Å². The lowest BCUT2D eigenvalue weighted by molar-refractivity contribution is 0.129. The highest BCUT2D eigenvalue weighted by Gasteiger charge is 2.32. The Labute approximate surface area is 168 Å². The summed E-state index contributed by atoms with van der Waals surface area (Å²) in [6.07, 6.45) is 2.69. The quantitative estimate of drug-likeness (QED) is 0.634. The van der Waals surface area contributed by atoms with Gasteiger partial charge in [-0.25, -0.2) is 9.48 Å². The fourth-order valence-corrected chi connectivity index (χ4v) is 3.14. The molecule has 1 aliphatic rings. The molecule has 1 fully saturated rings. The molecule has 4 rings (SSSR count). The summed E-state index contributed by atoms with van der Waals surface area (Å²) in [6.45, 7) is 7.07. The zero-order valence-electron chi connectivity index (χ0n) is 16.6. The van der Waals surface area contributed by atoms with Gasteiger partial charge in [0.05, 0.1) is 42.1 Å². The van der Waals surface area contributed by atoms with Crippen molar-refractivity contribution < 1.29 is 14.3 Å². The summed E-state index contributed by atoms with van der Waals surface area (Å²) >= 11 is 0. The Balaban J connectivity index is 1.38. The van der Waals surface area contributed by atoms with Gasteiger partial charge in [-0.15, -0.1) is 5.10 Å². The molecule has 1 amide bonds. The topological polar surface area (TPSA) is 95.3 Å². The molecule has 0 unspecified atom stereocenters. The van der Waals surface area contributed by atoms with Crippen LogP contribution in [0.25, 0.3) is 0 Å². The molecule has 0 radical (unpaired) electrons. The number of rotatable bonds is 6. The molecule has 0 aliphatic carbocycles. The highest BCUT2D eigenvalue weighted by Crippen LogP contribution is 2.25. The molecule has 0 saturated carbocycles. The maximum Gasteiger partial charge on any atom is 0.414 e. The van der Waals surface area contributed by atoms with E-state index in [1.54, 1.807) is 22.0 Å². The zero-order chi connectivity index (χ0) is 20.4. The average molecular weight is 394 g/mol. The number of aromatic nitrogens is 5. The van der Waals surface area contributed by atoms with Crippen LogP contribution in [0.15, 0.2) is 36.7 Å². The van der Waals surface area contributed by atoms with E-state index in [1.165, 1.54) is 0 Å². The summed E-state index contributed by atoms with van der Waals surface area (Å²) in [4.78, 5) is 22.9. The van der Waals surface area contributed by atoms with Gasteiger partial charge in [-0.3, -0.25) is 14.9 Å². The first kappa shape index (κ1) is 18.9. The standard InChI is InChI=1S/C20H22N6O3/c1-13-14(2)23-19(15(3)22-13)12-28-17-6-4-16(5-7-17)26-11-18(29-20(26)27)10-25-9-8-21-24-25/h4-9,18H,10-12H2,1-3H3/t18-/m0/s1. The maximum absolute atomic E-state index is 12.2. The van der Waals surface area contributed by atoms with Crippen LogP contribution in [0.5, 0.6) is 5.75 Å². The predicted molar refractivity (Wildman–Crippen MR) is 105 cm³/mol. The summed E-state index contributed by atoms with van der Waals surface area (Å²) in [6, 6.07) is 7.34. The number of benzene rings is 1. The molecule has 3 aromatic rings. The largest absolute Gasteiger partial charge is 0.487 e. The van der Waals surface area contributed by atoms with Gasteiger partial charge >= 0.3 is 6.09 Å². The first-order chi connectivity index (χ1) is 14.0. The van der Waals surface area contributed by atoms with Crippen LogP contribution in [0.1, 0.15) is 22.8 Å². The molecule has 0 N–H and O–H groups in total. The number of anilines is 1. The van der Waals surface area contributed by atoms with Gasteiger partial charge in [0.1, 0.15) is 18.5 Å². The number of cyclic esters (lactones) is 1. The van der Waals surface area contributed by atoms with Gasteiger partial charge in [0.15, 0.2) is 0 Å². The van der Waals surface area contributed by atoms with E-state index in [4.69, 9.17) is 9.47 Å². The molecule has 1 aliphatic heterocycles. The predicted octanol–water partition coefficient (Wildman–Crippen LogP) is 2.60. The molecule has 0 spiro atoms. The van der Waals surface area contributed by atoms with Crippen LogP contribution < -0.4 is 9.64 Å². The Morgan fingerprint density at radius 2 is 1.86 bits per heavy atom. The number of hydrogen-bond acceptors (Lipinski definition) is 7. The van der Waals surface area contributed by atoms with Crippen LogP contribution in [0.3, 0.4) is 0 Å². The number of aryl methyl sites for hydroxylation is 3. The van der Waals surface area contributed by atoms with Gasteiger partial charge in [-0.2, -0.15) is 0 Å². The van der Waals surface area contributed by atoms with Gasteiger partial charge in [0, 0.05) is 11.9 Å². The minimum absolute atomic E-state index is 0.272. The van der Waals surface area contributed by atoms with E-state index in [0.717, 1.165) is 28.5 Å². The van der Waals surface area contributed by atoms with Crippen molar-refractivity contribution in [3.8, 4) is 5.75 Å². The average Bonchev–Trinajstić information content (AvgIpc) is 3.34. The fraction of sp³-hybridized carbons (Fsp3) is 0.350. The van der Waals surface area contributed by atoms with Crippen LogP contribution in [0.4, 0.5) is 10.5 Å². The van der Waals surface area contributed by atoms with Gasteiger partial charge in [0.2, 0.25) is 0 Å². The Bertz CT molecular complexity index is 1000. The highest BCUT2D eigenvalue weighted by molar-refractivity contribution is 5.89. The molecule has 1 atom stereocenters. The number of nitrogens with zero attached hydrogens (tertiary/aromatic N) is 6. The van der Waals surface area contributed by atoms with Crippen LogP contribution in [-0.2, 0) is 17.9 Å². The van der Waals surface area contributed by atoms with Crippen molar-refractivity contribution in [3.05, 3.63) is 59.4 Å². The molecule has 29 heavy (non-hydrogen) atoms. The normalized spacial score (nSPS) is 16.2. The van der Waals surface area contributed by atoms with E-state index in [1.807, 2.05) is 45.0 Å². The monoisotopic (exact) mass is 394 g/mol. The smallest absolute Gasteiger partial charge is 0.414 e. The van der Waals surface area contributed by atoms with Crippen LogP contribution in [0, 0.1) is 20.8 Å². The van der Waals surface area contributed by atoms with Crippen molar-refractivity contribution in [2.75, 3.05) is 11.4 Å². The summed E-state index contributed by atoms with van der Waals surface area (Å²) in [5.41, 5.74) is 4.26. The van der Waals surface area contributed by atoms with Gasteiger partial charge < -0.3 is 9.47 Å². The maximum atomic E-state index is 12.2. The molecular weight excluding hydrogens is 372 g/mol.